The number of fused-ring (bicyclic) bond motifs is 2. The molecule has 3 saturated heterocycles. The highest BCUT2D eigenvalue weighted by molar-refractivity contribution is 6.35. The van der Waals surface area contributed by atoms with E-state index in [2.05, 4.69) is 24.9 Å². The van der Waals surface area contributed by atoms with E-state index in [1.54, 1.807) is 6.07 Å². The number of likely N-dealkylation sites (tertiary alicyclic amines) is 1. The van der Waals surface area contributed by atoms with Crippen molar-refractivity contribution in [2.24, 2.45) is 5.92 Å². The standard InChI is InChI=1S/C29H32Cl2N6O3/c30-22-14-21(15-23(31)16-22)25-11-20(17-35-6-3-19(4-7-35)13-29(38)39)12-28(32-25)40-27-2-1-26(33-34-27)37-10-9-36-8-5-24(37)18-36/h1-2,11-12,14-16,19,24H,3-10,13,17-18H2,(H,38,39). The number of nitrogens with zero attached hydrogens (tertiary/aromatic N) is 6. The molecule has 0 spiro atoms. The van der Waals surface area contributed by atoms with E-state index in [0.717, 1.165) is 75.5 Å². The Labute approximate surface area is 243 Å². The molecule has 0 aliphatic carbocycles. The van der Waals surface area contributed by atoms with Gasteiger partial charge in [0.05, 0.1) is 5.69 Å². The number of aromatic nitrogens is 3. The summed E-state index contributed by atoms with van der Waals surface area (Å²) in [5.41, 5.74) is 2.51. The molecule has 0 amide bonds. The summed E-state index contributed by atoms with van der Waals surface area (Å²) in [4.78, 5) is 23.0. The highest BCUT2D eigenvalue weighted by Gasteiger charge is 2.33. The summed E-state index contributed by atoms with van der Waals surface area (Å²) < 4.78 is 6.13. The predicted octanol–water partition coefficient (Wildman–Crippen LogP) is 5.22. The lowest BCUT2D eigenvalue weighted by molar-refractivity contribution is -0.138. The number of piperidine rings is 1. The lowest BCUT2D eigenvalue weighted by atomic mass is 9.93. The van der Waals surface area contributed by atoms with Crippen molar-refractivity contribution < 1.29 is 14.6 Å². The van der Waals surface area contributed by atoms with Crippen LogP contribution in [0.25, 0.3) is 11.3 Å². The molecule has 210 valence electrons. The first kappa shape index (κ1) is 27.2. The highest BCUT2D eigenvalue weighted by Crippen LogP contribution is 2.31. The van der Waals surface area contributed by atoms with Gasteiger partial charge in [-0.1, -0.05) is 23.2 Å². The largest absolute Gasteiger partial charge is 0.481 e. The number of aliphatic carboxylic acids is 1. The average Bonchev–Trinajstić information content (AvgIpc) is 3.30. The van der Waals surface area contributed by atoms with Gasteiger partial charge in [-0.3, -0.25) is 14.6 Å². The Morgan fingerprint density at radius 1 is 0.925 bits per heavy atom. The molecule has 1 aromatic carbocycles. The molecule has 2 bridgehead atoms. The van der Waals surface area contributed by atoms with Crippen LogP contribution in [0.3, 0.4) is 0 Å². The van der Waals surface area contributed by atoms with Crippen LogP contribution in [-0.2, 0) is 11.3 Å². The number of halogens is 2. The number of carboxylic acid groups (broad SMARTS) is 1. The van der Waals surface area contributed by atoms with Crippen molar-refractivity contribution in [3.05, 3.63) is 58.1 Å². The molecule has 3 aliphatic heterocycles. The fourth-order valence-electron chi connectivity index (χ4n) is 6.04. The molecule has 2 aromatic heterocycles. The van der Waals surface area contributed by atoms with Gasteiger partial charge >= 0.3 is 5.97 Å². The Morgan fingerprint density at radius 3 is 2.45 bits per heavy atom. The maximum Gasteiger partial charge on any atom is 0.303 e. The van der Waals surface area contributed by atoms with E-state index < -0.39 is 5.97 Å². The van der Waals surface area contributed by atoms with Crippen molar-refractivity contribution in [2.75, 3.05) is 44.2 Å². The van der Waals surface area contributed by atoms with Crippen LogP contribution < -0.4 is 9.64 Å². The summed E-state index contributed by atoms with van der Waals surface area (Å²) in [5, 5.41) is 19.0. The minimum atomic E-state index is -0.726. The summed E-state index contributed by atoms with van der Waals surface area (Å²) in [5.74, 6) is 1.17. The van der Waals surface area contributed by atoms with Gasteiger partial charge < -0.3 is 14.7 Å². The van der Waals surface area contributed by atoms with Crippen LogP contribution >= 0.6 is 23.2 Å². The van der Waals surface area contributed by atoms with E-state index in [1.807, 2.05) is 36.4 Å². The molecule has 2 atom stereocenters. The van der Waals surface area contributed by atoms with Crippen molar-refractivity contribution in [1.82, 2.24) is 25.0 Å². The molecule has 3 fully saturated rings. The lowest BCUT2D eigenvalue weighted by Crippen LogP contribution is -2.47. The van der Waals surface area contributed by atoms with Crippen LogP contribution in [0.15, 0.2) is 42.5 Å². The predicted molar refractivity (Wildman–Crippen MR) is 154 cm³/mol. The van der Waals surface area contributed by atoms with Gasteiger partial charge in [0.1, 0.15) is 0 Å². The highest BCUT2D eigenvalue weighted by atomic mass is 35.5. The Bertz CT molecular complexity index is 1350. The molecule has 6 rings (SSSR count). The molecule has 40 heavy (non-hydrogen) atoms. The Hall–Kier alpha value is -2.98. The molecule has 9 nitrogen and oxygen atoms in total. The molecule has 0 saturated carbocycles. The zero-order chi connectivity index (χ0) is 27.6. The summed E-state index contributed by atoms with van der Waals surface area (Å²) in [6, 6.07) is 13.6. The van der Waals surface area contributed by atoms with Gasteiger partial charge in [-0.05, 0) is 74.2 Å². The molecule has 11 heteroatoms. The van der Waals surface area contributed by atoms with Crippen LogP contribution in [0.2, 0.25) is 10.0 Å². The third-order valence-electron chi connectivity index (χ3n) is 8.07. The van der Waals surface area contributed by atoms with Crippen molar-refractivity contribution in [3.63, 3.8) is 0 Å². The van der Waals surface area contributed by atoms with Crippen LogP contribution in [0.5, 0.6) is 11.8 Å². The smallest absolute Gasteiger partial charge is 0.303 e. The van der Waals surface area contributed by atoms with E-state index in [0.29, 0.717) is 40.1 Å². The molecular formula is C29H32Cl2N6O3. The van der Waals surface area contributed by atoms with Gasteiger partial charge in [0.15, 0.2) is 5.82 Å². The summed E-state index contributed by atoms with van der Waals surface area (Å²) in [7, 11) is 0. The number of ether oxygens (including phenoxy) is 1. The van der Waals surface area contributed by atoms with Gasteiger partial charge in [0, 0.05) is 72.9 Å². The van der Waals surface area contributed by atoms with E-state index >= 15 is 0 Å². The zero-order valence-electron chi connectivity index (χ0n) is 22.2. The SMILES string of the molecule is O=C(O)CC1CCN(Cc2cc(Oc3ccc(N4CCN5CCC4C5)nn3)nc(-c3cc(Cl)cc(Cl)c3)c2)CC1. The topological polar surface area (TPSA) is 94.9 Å². The molecule has 0 radical (unpaired) electrons. The number of hydrogen-bond acceptors (Lipinski definition) is 8. The zero-order valence-corrected chi connectivity index (χ0v) is 23.7. The minimum absolute atomic E-state index is 0.230. The minimum Gasteiger partial charge on any atom is -0.481 e. The monoisotopic (exact) mass is 582 g/mol. The summed E-state index contributed by atoms with van der Waals surface area (Å²) in [6.45, 7) is 6.64. The number of piperazine rings is 1. The van der Waals surface area contributed by atoms with E-state index in [-0.39, 0.29) is 12.3 Å². The molecule has 3 aromatic rings. The normalized spacial score (nSPS) is 21.5. The van der Waals surface area contributed by atoms with Gasteiger partial charge in [-0.15, -0.1) is 10.2 Å². The first-order chi connectivity index (χ1) is 19.4. The third kappa shape index (κ3) is 6.49. The fraction of sp³-hybridized carbons (Fsp3) is 0.448. The molecule has 2 unspecified atom stereocenters. The Morgan fingerprint density at radius 2 is 1.73 bits per heavy atom. The first-order valence-corrected chi connectivity index (χ1v) is 14.6. The quantitative estimate of drug-likeness (QED) is 0.383. The summed E-state index contributed by atoms with van der Waals surface area (Å²) >= 11 is 12.6. The number of carboxylic acids is 1. The fourth-order valence-corrected chi connectivity index (χ4v) is 6.56. The van der Waals surface area contributed by atoms with Crippen LogP contribution in [-0.4, -0.2) is 81.4 Å². The van der Waals surface area contributed by atoms with Crippen LogP contribution in [0, 0.1) is 5.92 Å². The first-order valence-electron chi connectivity index (χ1n) is 13.8. The number of carbonyl (C=O) groups is 1. The van der Waals surface area contributed by atoms with Crippen LogP contribution in [0.4, 0.5) is 5.82 Å². The summed E-state index contributed by atoms with van der Waals surface area (Å²) in [6.07, 6.45) is 3.13. The molecule has 5 heterocycles. The number of hydrogen-bond donors (Lipinski definition) is 1. The van der Waals surface area contributed by atoms with E-state index in [9.17, 15) is 4.79 Å². The molecule has 1 N–H and O–H groups in total. The molecular weight excluding hydrogens is 551 g/mol. The second-order valence-electron chi connectivity index (χ2n) is 10.9. The maximum atomic E-state index is 11.1. The van der Waals surface area contributed by atoms with Crippen molar-refractivity contribution in [1.29, 1.82) is 0 Å². The van der Waals surface area contributed by atoms with Crippen LogP contribution in [0.1, 0.15) is 31.2 Å². The number of pyridine rings is 1. The average molecular weight is 584 g/mol. The second kappa shape index (κ2) is 11.9. The number of rotatable bonds is 8. The van der Waals surface area contributed by atoms with E-state index in [4.69, 9.17) is 38.0 Å². The van der Waals surface area contributed by atoms with Gasteiger partial charge in [0.2, 0.25) is 11.8 Å². The van der Waals surface area contributed by atoms with Gasteiger partial charge in [-0.2, -0.15) is 0 Å². The maximum absolute atomic E-state index is 11.1. The third-order valence-corrected chi connectivity index (χ3v) is 8.51. The second-order valence-corrected chi connectivity index (χ2v) is 11.8. The van der Waals surface area contributed by atoms with Crippen molar-refractivity contribution in [3.8, 4) is 23.0 Å². The number of benzene rings is 1. The Balaban J connectivity index is 1.21. The number of anilines is 1. The van der Waals surface area contributed by atoms with Crippen molar-refractivity contribution in [2.45, 2.75) is 38.3 Å². The van der Waals surface area contributed by atoms with Crippen molar-refractivity contribution >= 4 is 35.0 Å². The van der Waals surface area contributed by atoms with Gasteiger partial charge in [-0.25, -0.2) is 4.98 Å². The Kier molecular flexibility index (Phi) is 8.07. The lowest BCUT2D eigenvalue weighted by Gasteiger charge is -2.34. The molecule has 3 aliphatic rings. The van der Waals surface area contributed by atoms with Gasteiger partial charge in [0.25, 0.3) is 0 Å². The van der Waals surface area contributed by atoms with E-state index in [1.165, 1.54) is 0 Å².